The van der Waals surface area contributed by atoms with Crippen LogP contribution in [0.15, 0.2) is 23.6 Å². The fourth-order valence-electron chi connectivity index (χ4n) is 1.42. The molecule has 17 heavy (non-hydrogen) atoms. The summed E-state index contributed by atoms with van der Waals surface area (Å²) in [6.07, 6.45) is 1.86. The van der Waals surface area contributed by atoms with Gasteiger partial charge in [-0.2, -0.15) is 5.26 Å². The number of aryl methyl sites for hydroxylation is 1. The second-order valence-electron chi connectivity index (χ2n) is 3.41. The predicted molar refractivity (Wildman–Crippen MR) is 68.4 cm³/mol. The van der Waals surface area contributed by atoms with E-state index in [2.05, 4.69) is 15.3 Å². The first kappa shape index (κ1) is 11.4. The minimum Gasteiger partial charge on any atom is -0.321 e. The maximum Gasteiger partial charge on any atom is 0.182 e. The van der Waals surface area contributed by atoms with Crippen molar-refractivity contribution in [1.29, 1.82) is 5.26 Å². The average Bonchev–Trinajstić information content (AvgIpc) is 2.81. The largest absolute Gasteiger partial charge is 0.321 e. The molecule has 0 atom stereocenters. The molecule has 0 fully saturated rings. The molecular formula is C11H11N5S. The van der Waals surface area contributed by atoms with E-state index < -0.39 is 0 Å². The van der Waals surface area contributed by atoms with Crippen LogP contribution in [0, 0.1) is 18.4 Å². The number of hydrogen-bond acceptors (Lipinski definition) is 6. The van der Waals surface area contributed by atoms with Gasteiger partial charge in [0.1, 0.15) is 17.5 Å². The molecule has 2 heterocycles. The Kier molecular flexibility index (Phi) is 3.21. The van der Waals surface area contributed by atoms with Gasteiger partial charge in [0.05, 0.1) is 5.00 Å². The summed E-state index contributed by atoms with van der Waals surface area (Å²) < 4.78 is 0. The maximum atomic E-state index is 8.59. The van der Waals surface area contributed by atoms with Crippen LogP contribution in [-0.2, 0) is 0 Å². The Balaban J connectivity index is 2.35. The Morgan fingerprint density at radius 1 is 1.47 bits per heavy atom. The lowest BCUT2D eigenvalue weighted by Gasteiger charge is -2.16. The summed E-state index contributed by atoms with van der Waals surface area (Å²) in [5.74, 6) is 1.90. The third-order valence-electron chi connectivity index (χ3n) is 2.19. The van der Waals surface area contributed by atoms with Crippen LogP contribution in [-0.4, -0.2) is 17.0 Å². The maximum absolute atomic E-state index is 8.59. The fraction of sp³-hybridized carbons (Fsp3) is 0.182. The van der Waals surface area contributed by atoms with E-state index >= 15 is 0 Å². The van der Waals surface area contributed by atoms with Crippen LogP contribution < -0.4 is 10.2 Å². The monoisotopic (exact) mass is 245 g/mol. The van der Waals surface area contributed by atoms with Gasteiger partial charge in [-0.05, 0) is 24.4 Å². The highest BCUT2D eigenvalue weighted by atomic mass is 32.1. The molecule has 0 radical (unpaired) electrons. The van der Waals surface area contributed by atoms with E-state index in [-0.39, 0.29) is 0 Å². The van der Waals surface area contributed by atoms with Crippen LogP contribution in [0.5, 0.6) is 0 Å². The van der Waals surface area contributed by atoms with Gasteiger partial charge in [0.2, 0.25) is 0 Å². The molecular weight excluding hydrogens is 234 g/mol. The number of anilines is 3. The zero-order valence-electron chi connectivity index (χ0n) is 9.51. The molecule has 6 heteroatoms. The molecule has 5 nitrogen and oxygen atoms in total. The molecule has 0 aliphatic rings. The first-order valence-electron chi connectivity index (χ1n) is 4.98. The molecule has 0 aliphatic heterocycles. The van der Waals surface area contributed by atoms with Gasteiger partial charge in [0, 0.05) is 13.1 Å². The molecule has 2 rings (SSSR count). The molecule has 86 valence electrons. The van der Waals surface area contributed by atoms with Crippen molar-refractivity contribution < 1.29 is 0 Å². The summed E-state index contributed by atoms with van der Waals surface area (Å²) in [7, 11) is 1.93. The van der Waals surface area contributed by atoms with Gasteiger partial charge in [-0.1, -0.05) is 0 Å². The standard InChI is InChI=1S/C11H11N5S/c1-8-14-9(13-7-12)6-10(15-8)16(2)11-4-3-5-17-11/h3-6H,1-2H3,(H,13,14,15). The van der Waals surface area contributed by atoms with E-state index in [9.17, 15) is 0 Å². The van der Waals surface area contributed by atoms with Crippen molar-refractivity contribution in [3.05, 3.63) is 29.4 Å². The molecule has 0 aliphatic carbocycles. The third-order valence-corrected chi connectivity index (χ3v) is 3.13. The normalized spacial score (nSPS) is 9.71. The zero-order valence-corrected chi connectivity index (χ0v) is 10.3. The zero-order chi connectivity index (χ0) is 12.3. The van der Waals surface area contributed by atoms with Crippen molar-refractivity contribution >= 4 is 28.0 Å². The van der Waals surface area contributed by atoms with Crippen molar-refractivity contribution in [3.63, 3.8) is 0 Å². The minimum atomic E-state index is 0.512. The van der Waals surface area contributed by atoms with Gasteiger partial charge in [0.15, 0.2) is 6.19 Å². The van der Waals surface area contributed by atoms with Crippen LogP contribution in [0.25, 0.3) is 0 Å². The molecule has 0 spiro atoms. The number of rotatable bonds is 3. The molecule has 2 aromatic rings. The number of aromatic nitrogens is 2. The Labute approximate surface area is 103 Å². The molecule has 1 N–H and O–H groups in total. The van der Waals surface area contributed by atoms with E-state index in [0.717, 1.165) is 10.8 Å². The van der Waals surface area contributed by atoms with Gasteiger partial charge >= 0.3 is 0 Å². The minimum absolute atomic E-state index is 0.512. The van der Waals surface area contributed by atoms with Crippen molar-refractivity contribution in [1.82, 2.24) is 9.97 Å². The van der Waals surface area contributed by atoms with Crippen molar-refractivity contribution in [2.45, 2.75) is 6.92 Å². The van der Waals surface area contributed by atoms with Crippen molar-refractivity contribution in [2.75, 3.05) is 17.3 Å². The summed E-state index contributed by atoms with van der Waals surface area (Å²) >= 11 is 1.63. The van der Waals surface area contributed by atoms with Crippen LogP contribution in [0.1, 0.15) is 5.82 Å². The van der Waals surface area contributed by atoms with Gasteiger partial charge < -0.3 is 4.90 Å². The van der Waals surface area contributed by atoms with Crippen LogP contribution >= 0.6 is 11.3 Å². The van der Waals surface area contributed by atoms with Gasteiger partial charge in [-0.3, -0.25) is 5.32 Å². The Bertz CT molecular complexity index is 543. The Morgan fingerprint density at radius 2 is 2.29 bits per heavy atom. The molecule has 0 saturated carbocycles. The van der Waals surface area contributed by atoms with E-state index in [0.29, 0.717) is 11.6 Å². The first-order valence-corrected chi connectivity index (χ1v) is 5.86. The van der Waals surface area contributed by atoms with Gasteiger partial charge in [0.25, 0.3) is 0 Å². The molecule has 0 unspecified atom stereocenters. The molecule has 0 saturated heterocycles. The number of nitrogens with zero attached hydrogens (tertiary/aromatic N) is 4. The first-order chi connectivity index (χ1) is 8.20. The van der Waals surface area contributed by atoms with Crippen LogP contribution in [0.2, 0.25) is 0 Å². The second-order valence-corrected chi connectivity index (χ2v) is 4.33. The SMILES string of the molecule is Cc1nc(NC#N)cc(N(C)c2cccs2)n1. The van der Waals surface area contributed by atoms with E-state index in [1.165, 1.54) is 0 Å². The fourth-order valence-corrected chi connectivity index (χ4v) is 2.12. The Morgan fingerprint density at radius 3 is 2.94 bits per heavy atom. The Hall–Kier alpha value is -2.13. The smallest absolute Gasteiger partial charge is 0.182 e. The number of nitrogens with one attached hydrogen (secondary N) is 1. The highest BCUT2D eigenvalue weighted by Gasteiger charge is 2.08. The summed E-state index contributed by atoms with van der Waals surface area (Å²) in [6.45, 7) is 1.80. The number of nitriles is 1. The van der Waals surface area contributed by atoms with E-state index in [4.69, 9.17) is 5.26 Å². The molecule has 0 bridgehead atoms. The lowest BCUT2D eigenvalue weighted by atomic mass is 10.4. The van der Waals surface area contributed by atoms with Crippen LogP contribution in [0.3, 0.4) is 0 Å². The van der Waals surface area contributed by atoms with Crippen LogP contribution in [0.4, 0.5) is 16.6 Å². The molecule has 0 aromatic carbocycles. The summed E-state index contributed by atoms with van der Waals surface area (Å²) in [4.78, 5) is 10.4. The number of thiophene rings is 1. The highest BCUT2D eigenvalue weighted by Crippen LogP contribution is 2.27. The van der Waals surface area contributed by atoms with E-state index in [1.54, 1.807) is 24.3 Å². The van der Waals surface area contributed by atoms with Gasteiger partial charge in [-0.15, -0.1) is 11.3 Å². The topological polar surface area (TPSA) is 64.8 Å². The predicted octanol–water partition coefficient (Wildman–Crippen LogP) is 2.51. The average molecular weight is 245 g/mol. The third kappa shape index (κ3) is 2.52. The summed E-state index contributed by atoms with van der Waals surface area (Å²) in [6, 6.07) is 5.74. The molecule has 0 amide bonds. The van der Waals surface area contributed by atoms with E-state index in [1.807, 2.05) is 35.7 Å². The van der Waals surface area contributed by atoms with Gasteiger partial charge in [-0.25, -0.2) is 9.97 Å². The molecule has 2 aromatic heterocycles. The lowest BCUT2D eigenvalue weighted by molar-refractivity contribution is 1.02. The van der Waals surface area contributed by atoms with Crippen molar-refractivity contribution in [2.24, 2.45) is 0 Å². The highest BCUT2D eigenvalue weighted by molar-refractivity contribution is 7.14. The summed E-state index contributed by atoms with van der Waals surface area (Å²) in [5.41, 5.74) is 0. The second kappa shape index (κ2) is 4.80. The summed E-state index contributed by atoms with van der Waals surface area (Å²) in [5, 5.41) is 14.2. The quantitative estimate of drug-likeness (QED) is 0.665. The van der Waals surface area contributed by atoms with Crippen molar-refractivity contribution in [3.8, 4) is 6.19 Å². The lowest BCUT2D eigenvalue weighted by Crippen LogP contribution is -2.11. The number of hydrogen-bond donors (Lipinski definition) is 1.